The van der Waals surface area contributed by atoms with Crippen molar-refractivity contribution in [2.24, 2.45) is 0 Å². The largest absolute Gasteiger partial charge is 0.394 e. The van der Waals surface area contributed by atoms with Crippen molar-refractivity contribution < 1.29 is 20.1 Å². The van der Waals surface area contributed by atoms with Gasteiger partial charge in [-0.05, 0) is 6.92 Å². The molecule has 0 saturated carbocycles. The normalized spacial score (nSPS) is 51.5. The Morgan fingerprint density at radius 1 is 1.55 bits per heavy atom. The van der Waals surface area contributed by atoms with E-state index < -0.39 is 30.4 Å². The fourth-order valence-electron chi connectivity index (χ4n) is 1.16. The van der Waals surface area contributed by atoms with Gasteiger partial charge in [-0.15, -0.1) is 0 Å². The Bertz CT molecular complexity index is 154. The quantitative estimate of drug-likeness (QED) is 0.385. The molecular weight excluding hydrogens is 147 g/mol. The van der Waals surface area contributed by atoms with Crippen molar-refractivity contribution in [3.05, 3.63) is 0 Å². The van der Waals surface area contributed by atoms with Gasteiger partial charge < -0.3 is 20.1 Å². The van der Waals surface area contributed by atoms with E-state index in [1.54, 1.807) is 6.92 Å². The average Bonchev–Trinajstić information content (AvgIpc) is 2.17. The van der Waals surface area contributed by atoms with Crippen molar-refractivity contribution in [3.63, 3.8) is 0 Å². The van der Waals surface area contributed by atoms with E-state index in [9.17, 15) is 5.11 Å². The molecule has 5 heteroatoms. The summed E-state index contributed by atoms with van der Waals surface area (Å²) in [6.45, 7) is 1.08. The van der Waals surface area contributed by atoms with Crippen LogP contribution in [0.2, 0.25) is 0 Å². The van der Waals surface area contributed by atoms with E-state index in [-0.39, 0.29) is 0 Å². The number of aliphatic hydroxyl groups is 3. The lowest BCUT2D eigenvalue weighted by atomic mass is 9.77. The lowest BCUT2D eigenvalue weighted by Crippen LogP contribution is -2.46. The molecule has 0 aromatic carbocycles. The zero-order valence-corrected chi connectivity index (χ0v) is 6.27. The second-order valence-electron chi connectivity index (χ2n) is 2.87. The molecule has 4 unspecified atom stereocenters. The SMILES string of the molecule is [B]C1(CO)OC(C)C(O)C1O. The predicted molar refractivity (Wildman–Crippen MR) is 38.1 cm³/mol. The van der Waals surface area contributed by atoms with Crippen molar-refractivity contribution in [3.8, 4) is 0 Å². The maximum atomic E-state index is 9.23. The van der Waals surface area contributed by atoms with E-state index in [4.69, 9.17) is 22.8 Å². The first-order chi connectivity index (χ1) is 5.01. The minimum Gasteiger partial charge on any atom is -0.394 e. The van der Waals surface area contributed by atoms with Crippen molar-refractivity contribution in [2.45, 2.75) is 30.7 Å². The standard InChI is InChI=1S/C6H11BO4/c1-3-4(9)5(10)6(7,2-8)11-3/h3-5,8-10H,2H2,1H3. The van der Waals surface area contributed by atoms with Crippen LogP contribution in [0.1, 0.15) is 6.92 Å². The van der Waals surface area contributed by atoms with Gasteiger partial charge >= 0.3 is 0 Å². The van der Waals surface area contributed by atoms with Crippen LogP contribution >= 0.6 is 0 Å². The second-order valence-corrected chi connectivity index (χ2v) is 2.87. The fourth-order valence-corrected chi connectivity index (χ4v) is 1.16. The molecule has 1 aliphatic rings. The van der Waals surface area contributed by atoms with Gasteiger partial charge in [-0.25, -0.2) is 0 Å². The van der Waals surface area contributed by atoms with Gasteiger partial charge in [0.15, 0.2) is 0 Å². The molecule has 1 aliphatic heterocycles. The summed E-state index contributed by atoms with van der Waals surface area (Å²) in [6.07, 6.45) is -2.78. The van der Waals surface area contributed by atoms with Crippen LogP contribution in [-0.4, -0.2) is 53.6 Å². The summed E-state index contributed by atoms with van der Waals surface area (Å²) in [5, 5.41) is 27.1. The third kappa shape index (κ3) is 1.29. The third-order valence-corrected chi connectivity index (χ3v) is 1.96. The van der Waals surface area contributed by atoms with E-state index in [0.717, 1.165) is 0 Å². The summed E-state index contributed by atoms with van der Waals surface area (Å²) in [6, 6.07) is 0. The van der Waals surface area contributed by atoms with Gasteiger partial charge in [0.2, 0.25) is 0 Å². The number of rotatable bonds is 1. The first kappa shape index (κ1) is 9.00. The van der Waals surface area contributed by atoms with Gasteiger partial charge in [0.1, 0.15) is 20.1 Å². The Morgan fingerprint density at radius 2 is 2.09 bits per heavy atom. The van der Waals surface area contributed by atoms with Gasteiger partial charge in [-0.3, -0.25) is 0 Å². The molecule has 62 valence electrons. The van der Waals surface area contributed by atoms with Crippen LogP contribution in [-0.2, 0) is 4.74 Å². The van der Waals surface area contributed by atoms with Gasteiger partial charge in [0.05, 0.1) is 18.2 Å². The highest BCUT2D eigenvalue weighted by atomic mass is 16.6. The molecule has 2 radical (unpaired) electrons. The first-order valence-electron chi connectivity index (χ1n) is 3.45. The van der Waals surface area contributed by atoms with Crippen LogP contribution in [0.25, 0.3) is 0 Å². The lowest BCUT2D eigenvalue weighted by molar-refractivity contribution is -0.0498. The highest BCUT2D eigenvalue weighted by Gasteiger charge is 2.48. The van der Waals surface area contributed by atoms with Crippen LogP contribution in [0.4, 0.5) is 0 Å². The predicted octanol–water partition coefficient (Wildman–Crippen LogP) is -2.02. The molecular formula is C6H11BO4. The number of hydrogen-bond donors (Lipinski definition) is 3. The van der Waals surface area contributed by atoms with Crippen LogP contribution in [0.5, 0.6) is 0 Å². The van der Waals surface area contributed by atoms with Gasteiger partial charge in [0, 0.05) is 0 Å². The number of ether oxygens (including phenoxy) is 1. The summed E-state index contributed by atoms with van der Waals surface area (Å²) in [5.41, 5.74) is -1.50. The number of aliphatic hydroxyl groups excluding tert-OH is 3. The molecule has 0 amide bonds. The summed E-state index contributed by atoms with van der Waals surface area (Å²) in [7, 11) is 5.40. The molecule has 1 rings (SSSR count). The van der Waals surface area contributed by atoms with Gasteiger partial charge in [-0.2, -0.15) is 0 Å². The molecule has 0 spiro atoms. The summed E-state index contributed by atoms with van der Waals surface area (Å²) in [5.74, 6) is 0. The van der Waals surface area contributed by atoms with Crippen LogP contribution in [0.3, 0.4) is 0 Å². The Hall–Kier alpha value is -0.0951. The zero-order chi connectivity index (χ0) is 8.65. The first-order valence-corrected chi connectivity index (χ1v) is 3.45. The van der Waals surface area contributed by atoms with E-state index >= 15 is 0 Å². The highest BCUT2D eigenvalue weighted by Crippen LogP contribution is 2.27. The van der Waals surface area contributed by atoms with Crippen molar-refractivity contribution in [1.29, 1.82) is 0 Å². The van der Waals surface area contributed by atoms with Crippen molar-refractivity contribution >= 4 is 7.85 Å². The minimum absolute atomic E-state index is 0.504. The Morgan fingerprint density at radius 3 is 2.27 bits per heavy atom. The smallest absolute Gasteiger partial charge is 0.120 e. The van der Waals surface area contributed by atoms with Gasteiger partial charge in [-0.1, -0.05) is 0 Å². The maximum Gasteiger partial charge on any atom is 0.120 e. The van der Waals surface area contributed by atoms with E-state index in [1.807, 2.05) is 0 Å². The molecule has 11 heavy (non-hydrogen) atoms. The molecule has 0 aromatic rings. The Kier molecular flexibility index (Phi) is 2.25. The lowest BCUT2D eigenvalue weighted by Gasteiger charge is -2.25. The third-order valence-electron chi connectivity index (χ3n) is 1.96. The van der Waals surface area contributed by atoms with E-state index in [2.05, 4.69) is 0 Å². The molecule has 1 saturated heterocycles. The van der Waals surface area contributed by atoms with Gasteiger partial charge in [0.25, 0.3) is 0 Å². The molecule has 4 nitrogen and oxygen atoms in total. The number of hydrogen-bond acceptors (Lipinski definition) is 4. The maximum absolute atomic E-state index is 9.23. The summed E-state index contributed by atoms with van der Waals surface area (Å²) >= 11 is 0. The molecule has 1 fully saturated rings. The molecule has 0 bridgehead atoms. The zero-order valence-electron chi connectivity index (χ0n) is 6.27. The van der Waals surface area contributed by atoms with Crippen molar-refractivity contribution in [1.82, 2.24) is 0 Å². The Balaban J connectivity index is 2.73. The minimum atomic E-state index is -1.50. The summed E-state index contributed by atoms with van der Waals surface area (Å²) in [4.78, 5) is 0. The molecule has 3 N–H and O–H groups in total. The molecule has 0 aromatic heterocycles. The highest BCUT2D eigenvalue weighted by molar-refractivity contribution is 6.15. The molecule has 1 heterocycles. The molecule has 4 atom stereocenters. The fraction of sp³-hybridized carbons (Fsp3) is 1.00. The Labute approximate surface area is 66.2 Å². The second kappa shape index (κ2) is 2.75. The average molecular weight is 158 g/mol. The van der Waals surface area contributed by atoms with E-state index in [1.165, 1.54) is 0 Å². The monoisotopic (exact) mass is 158 g/mol. The van der Waals surface area contributed by atoms with E-state index in [0.29, 0.717) is 0 Å². The van der Waals surface area contributed by atoms with Crippen molar-refractivity contribution in [2.75, 3.05) is 6.61 Å². The topological polar surface area (TPSA) is 69.9 Å². The van der Waals surface area contributed by atoms with Crippen LogP contribution < -0.4 is 0 Å². The summed E-state index contributed by atoms with van der Waals surface area (Å²) < 4.78 is 4.95. The van der Waals surface area contributed by atoms with Crippen LogP contribution in [0.15, 0.2) is 0 Å². The molecule has 0 aliphatic carbocycles. The van der Waals surface area contributed by atoms with Crippen LogP contribution in [0, 0.1) is 0 Å².